The molecule has 0 radical (unpaired) electrons. The van der Waals surface area contributed by atoms with Crippen LogP contribution in [0, 0.1) is 17.5 Å². The minimum atomic E-state index is -4.12. The molecule has 1 heterocycles. The van der Waals surface area contributed by atoms with Gasteiger partial charge in [-0.2, -0.15) is 0 Å². The summed E-state index contributed by atoms with van der Waals surface area (Å²) in [6, 6.07) is 11.2. The number of rotatable bonds is 13. The molecule has 3 aromatic carbocycles. The van der Waals surface area contributed by atoms with Crippen LogP contribution in [0.4, 0.5) is 13.2 Å². The minimum absolute atomic E-state index is 0.000320. The van der Waals surface area contributed by atoms with Crippen molar-refractivity contribution < 1.29 is 26.3 Å². The van der Waals surface area contributed by atoms with Gasteiger partial charge in [-0.1, -0.05) is 54.9 Å². The Morgan fingerprint density at radius 2 is 1.69 bits per heavy atom. The van der Waals surface area contributed by atoms with E-state index in [2.05, 4.69) is 9.71 Å². The quantitative estimate of drug-likeness (QED) is 0.115. The summed E-state index contributed by atoms with van der Waals surface area (Å²) in [6.07, 6.45) is 2.16. The number of methoxy groups -OCH3 is 1. The summed E-state index contributed by atoms with van der Waals surface area (Å²) in [5, 5.41) is 1.11. The molecule has 45 heavy (non-hydrogen) atoms. The van der Waals surface area contributed by atoms with Crippen LogP contribution in [0.15, 0.2) is 64.8 Å². The number of nitrogens with one attached hydrogen (secondary N) is 1. The molecule has 0 aliphatic rings. The number of aromatic nitrogens is 2. The first-order valence-electron chi connectivity index (χ1n) is 13.8. The van der Waals surface area contributed by atoms with Gasteiger partial charge >= 0.3 is 0 Å². The van der Waals surface area contributed by atoms with Crippen molar-refractivity contribution >= 4 is 45.0 Å². The molecule has 1 aromatic heterocycles. The third-order valence-electron chi connectivity index (χ3n) is 7.25. The van der Waals surface area contributed by atoms with Gasteiger partial charge < -0.3 is 9.64 Å². The number of benzene rings is 3. The number of hydrogen-bond acceptors (Lipinski definition) is 6. The van der Waals surface area contributed by atoms with E-state index >= 15 is 8.78 Å². The summed E-state index contributed by atoms with van der Waals surface area (Å²) in [7, 11) is 0.946. The van der Waals surface area contributed by atoms with Crippen LogP contribution < -0.4 is 9.46 Å². The van der Waals surface area contributed by atoms with Crippen molar-refractivity contribution in [1.29, 1.82) is 0 Å². The highest BCUT2D eigenvalue weighted by molar-refractivity contribution is 7.98. The number of halogens is 5. The van der Waals surface area contributed by atoms with Gasteiger partial charge in [-0.15, -0.1) is 0 Å². The Labute approximate surface area is 275 Å². The lowest BCUT2D eigenvalue weighted by molar-refractivity contribution is 0.386. The van der Waals surface area contributed by atoms with Gasteiger partial charge in [0.15, 0.2) is 16.7 Å². The fraction of sp³-hybridized carbons (Fsp3) is 0.323. The molecular formula is C31H33Cl2F3N4O3S2. The van der Waals surface area contributed by atoms with E-state index in [-0.39, 0.29) is 23.6 Å². The lowest BCUT2D eigenvalue weighted by Crippen LogP contribution is -2.27. The minimum Gasteiger partial charge on any atom is -0.494 e. The van der Waals surface area contributed by atoms with Crippen LogP contribution in [0.5, 0.6) is 5.75 Å². The van der Waals surface area contributed by atoms with Crippen molar-refractivity contribution in [3.63, 3.8) is 0 Å². The largest absolute Gasteiger partial charge is 0.494 e. The highest BCUT2D eigenvalue weighted by Crippen LogP contribution is 2.39. The van der Waals surface area contributed by atoms with E-state index in [9.17, 15) is 12.8 Å². The first-order valence-corrected chi connectivity index (χ1v) is 17.0. The summed E-state index contributed by atoms with van der Waals surface area (Å²) in [6.45, 7) is 4.66. The molecule has 0 aliphatic heterocycles. The van der Waals surface area contributed by atoms with Crippen molar-refractivity contribution in [2.45, 2.75) is 41.5 Å². The van der Waals surface area contributed by atoms with Gasteiger partial charge in [0.2, 0.25) is 10.0 Å². The van der Waals surface area contributed by atoms with Gasteiger partial charge in [-0.25, -0.2) is 31.3 Å². The Hall–Kier alpha value is -2.74. The lowest BCUT2D eigenvalue weighted by Gasteiger charge is -2.28. The van der Waals surface area contributed by atoms with Crippen molar-refractivity contribution in [3.8, 4) is 11.4 Å². The first-order chi connectivity index (χ1) is 21.1. The topological polar surface area (TPSA) is 76.5 Å². The molecule has 0 saturated carbocycles. The Balaban J connectivity index is 1.69. The standard InChI is InChI=1S/C31H33Cl2F3N4O3S2/c1-31(2,19-7-9-23(32)24(33)13-19)29-17-37-30(40(29)20-8-10-25(34)28(14-20)43-5)44-18-22-26(35)15-21(16-27(22)36)45(41,42)38-11-6-12-39(3)4/h7-10,13-17,38H,6,11-12,18H2,1-5H3. The van der Waals surface area contributed by atoms with Crippen molar-refractivity contribution in [1.82, 2.24) is 19.2 Å². The molecule has 242 valence electrons. The Morgan fingerprint density at radius 1 is 1.00 bits per heavy atom. The third kappa shape index (κ3) is 7.98. The van der Waals surface area contributed by atoms with Crippen LogP contribution in [0.1, 0.15) is 37.1 Å². The molecule has 0 fully saturated rings. The molecular weight excluding hydrogens is 668 g/mol. The molecule has 14 heteroatoms. The molecule has 7 nitrogen and oxygen atoms in total. The van der Waals surface area contributed by atoms with E-state index in [0.29, 0.717) is 39.5 Å². The summed E-state index contributed by atoms with van der Waals surface area (Å²) in [5.41, 5.74) is 0.947. The van der Waals surface area contributed by atoms with Crippen molar-refractivity contribution in [3.05, 3.63) is 99.0 Å². The van der Waals surface area contributed by atoms with Gasteiger partial charge in [-0.3, -0.25) is 4.57 Å². The van der Waals surface area contributed by atoms with Crippen molar-refractivity contribution in [2.24, 2.45) is 0 Å². The molecule has 0 bridgehead atoms. The second-order valence-electron chi connectivity index (χ2n) is 11.0. The summed E-state index contributed by atoms with van der Waals surface area (Å²) in [5.74, 6) is -2.79. The molecule has 0 spiro atoms. The summed E-state index contributed by atoms with van der Waals surface area (Å²) < 4.78 is 79.5. The number of sulfonamides is 1. The highest BCUT2D eigenvalue weighted by Gasteiger charge is 2.31. The van der Waals surface area contributed by atoms with E-state index < -0.39 is 37.8 Å². The van der Waals surface area contributed by atoms with Crippen LogP contribution >= 0.6 is 35.0 Å². The molecule has 0 aliphatic carbocycles. The van der Waals surface area contributed by atoms with Gasteiger partial charge in [0.05, 0.1) is 39.6 Å². The Kier molecular flexibility index (Phi) is 11.2. The number of thioether (sulfide) groups is 1. The number of hydrogen-bond donors (Lipinski definition) is 1. The Bertz CT molecular complexity index is 1780. The zero-order chi connectivity index (χ0) is 33.1. The molecule has 0 saturated heterocycles. The zero-order valence-electron chi connectivity index (χ0n) is 25.3. The van der Waals surface area contributed by atoms with Crippen molar-refractivity contribution in [2.75, 3.05) is 34.3 Å². The average Bonchev–Trinajstić information content (AvgIpc) is 3.41. The molecule has 4 rings (SSSR count). The molecule has 0 amide bonds. The molecule has 4 aromatic rings. The lowest BCUT2D eigenvalue weighted by atomic mass is 9.81. The number of ether oxygens (including phenoxy) is 1. The molecule has 1 N–H and O–H groups in total. The average molecular weight is 702 g/mol. The summed E-state index contributed by atoms with van der Waals surface area (Å²) in [4.78, 5) is 5.97. The second kappa shape index (κ2) is 14.4. The first kappa shape index (κ1) is 35.1. The maximum Gasteiger partial charge on any atom is 0.240 e. The normalized spacial score (nSPS) is 12.2. The van der Waals surface area contributed by atoms with Crippen LogP contribution in [0.3, 0.4) is 0 Å². The number of imidazole rings is 1. The predicted octanol–water partition coefficient (Wildman–Crippen LogP) is 7.45. The molecule has 0 unspecified atom stereocenters. The maximum atomic E-state index is 15.2. The van der Waals surface area contributed by atoms with Crippen LogP contribution in [-0.2, 0) is 21.2 Å². The second-order valence-corrected chi connectivity index (χ2v) is 14.6. The monoisotopic (exact) mass is 700 g/mol. The zero-order valence-corrected chi connectivity index (χ0v) is 28.4. The van der Waals surface area contributed by atoms with E-state index in [1.54, 1.807) is 29.0 Å². The van der Waals surface area contributed by atoms with Gasteiger partial charge in [0, 0.05) is 29.3 Å². The highest BCUT2D eigenvalue weighted by atomic mass is 35.5. The van der Waals surface area contributed by atoms with E-state index in [4.69, 9.17) is 27.9 Å². The van der Waals surface area contributed by atoms with Crippen LogP contribution in [-0.4, -0.2) is 57.2 Å². The fourth-order valence-electron chi connectivity index (χ4n) is 4.64. The predicted molar refractivity (Wildman–Crippen MR) is 173 cm³/mol. The fourth-order valence-corrected chi connectivity index (χ4v) is 7.05. The smallest absolute Gasteiger partial charge is 0.240 e. The Morgan fingerprint density at radius 3 is 2.31 bits per heavy atom. The van der Waals surface area contributed by atoms with Gasteiger partial charge in [0.25, 0.3) is 0 Å². The van der Waals surface area contributed by atoms with E-state index in [1.807, 2.05) is 38.9 Å². The maximum absolute atomic E-state index is 15.2. The molecule has 0 atom stereocenters. The summed E-state index contributed by atoms with van der Waals surface area (Å²) >= 11 is 13.5. The van der Waals surface area contributed by atoms with Crippen LogP contribution in [0.25, 0.3) is 5.69 Å². The van der Waals surface area contributed by atoms with Gasteiger partial charge in [0.1, 0.15) is 11.6 Å². The third-order valence-corrected chi connectivity index (χ3v) is 10.4. The van der Waals surface area contributed by atoms with Gasteiger partial charge in [-0.05, 0) is 69.0 Å². The number of nitrogens with zero attached hydrogens (tertiary/aromatic N) is 3. The van der Waals surface area contributed by atoms with E-state index in [1.165, 1.54) is 19.2 Å². The van der Waals surface area contributed by atoms with E-state index in [0.717, 1.165) is 29.5 Å². The SMILES string of the molecule is COc1cc(-n2c(C(C)(C)c3ccc(Cl)c(Cl)c3)cnc2SCc2c(F)cc(S(=O)(=O)NCCCN(C)C)cc2F)ccc1F. The van der Waals surface area contributed by atoms with Crippen LogP contribution in [0.2, 0.25) is 10.0 Å².